The maximum atomic E-state index is 11.4. The van der Waals surface area contributed by atoms with Crippen LogP contribution in [0.2, 0.25) is 0 Å². The van der Waals surface area contributed by atoms with Gasteiger partial charge in [-0.15, -0.1) is 0 Å². The molecular weight excluding hydrogens is 306 g/mol. The lowest BCUT2D eigenvalue weighted by molar-refractivity contribution is -0.142. The van der Waals surface area contributed by atoms with Crippen LogP contribution >= 0.6 is 28.1 Å². The zero-order chi connectivity index (χ0) is 12.8. The molecule has 0 saturated heterocycles. The fourth-order valence-electron chi connectivity index (χ4n) is 1.18. The monoisotopic (exact) mass is 317 g/mol. The number of nitrogens with one attached hydrogen (secondary N) is 1. The molecule has 0 aliphatic carbocycles. The van der Waals surface area contributed by atoms with Crippen molar-refractivity contribution in [3.05, 3.63) is 22.3 Å². The minimum atomic E-state index is -0.291. The fraction of sp³-hybridized carbons (Fsp3) is 0.300. The lowest BCUT2D eigenvalue weighted by Crippen LogP contribution is -2.20. The van der Waals surface area contributed by atoms with E-state index < -0.39 is 0 Å². The Bertz CT molecular complexity index is 440. The molecule has 1 rings (SSSR count). The number of nitrogens with zero attached hydrogens (tertiary/aromatic N) is 1. The molecule has 0 atom stereocenters. The van der Waals surface area contributed by atoms with Gasteiger partial charge in [-0.25, -0.2) is 4.98 Å². The van der Waals surface area contributed by atoms with E-state index in [9.17, 15) is 4.79 Å². The number of anilines is 1. The van der Waals surface area contributed by atoms with Crippen LogP contribution in [0, 0.1) is 0 Å². The van der Waals surface area contributed by atoms with Crippen molar-refractivity contribution in [1.29, 1.82) is 0 Å². The molecule has 1 aromatic rings. The van der Waals surface area contributed by atoms with Crippen molar-refractivity contribution < 1.29 is 9.53 Å². The maximum absolute atomic E-state index is 11.4. The summed E-state index contributed by atoms with van der Waals surface area (Å²) >= 11 is 8.02. The predicted molar refractivity (Wildman–Crippen MR) is 72.7 cm³/mol. The number of rotatable bonds is 4. The van der Waals surface area contributed by atoms with E-state index >= 15 is 0 Å². The Balaban J connectivity index is 2.83. The van der Waals surface area contributed by atoms with Gasteiger partial charge in [-0.05, 0) is 46.7 Å². The number of carbonyl (C=O) groups is 1. The zero-order valence-electron chi connectivity index (χ0n) is 9.20. The van der Waals surface area contributed by atoms with E-state index in [1.54, 1.807) is 19.2 Å². The highest BCUT2D eigenvalue weighted by atomic mass is 79.9. The van der Waals surface area contributed by atoms with Crippen molar-refractivity contribution in [3.8, 4) is 0 Å². The van der Waals surface area contributed by atoms with Crippen molar-refractivity contribution >= 4 is 45.0 Å². The number of ether oxygens (including phenoxy) is 1. The van der Waals surface area contributed by atoms with Gasteiger partial charge in [0.2, 0.25) is 0 Å². The third kappa shape index (κ3) is 4.66. The van der Waals surface area contributed by atoms with Gasteiger partial charge in [-0.3, -0.25) is 4.79 Å². The highest BCUT2D eigenvalue weighted by molar-refractivity contribution is 9.10. The number of nitrogens with two attached hydrogens (primary N) is 1. The molecule has 0 fully saturated rings. The molecule has 92 valence electrons. The molecule has 5 nitrogen and oxygen atoms in total. The van der Waals surface area contributed by atoms with Gasteiger partial charge in [0, 0.05) is 10.7 Å². The maximum Gasteiger partial charge on any atom is 0.310 e. The van der Waals surface area contributed by atoms with Crippen LogP contribution in [0.25, 0.3) is 0 Å². The van der Waals surface area contributed by atoms with Gasteiger partial charge in [0.15, 0.2) is 5.11 Å². The van der Waals surface area contributed by atoms with Crippen molar-refractivity contribution in [2.45, 2.75) is 13.3 Å². The Morgan fingerprint density at radius 1 is 1.71 bits per heavy atom. The smallest absolute Gasteiger partial charge is 0.310 e. The van der Waals surface area contributed by atoms with Crippen LogP contribution in [0.4, 0.5) is 5.82 Å². The molecule has 0 aliphatic heterocycles. The lowest BCUT2D eigenvalue weighted by atomic mass is 10.2. The van der Waals surface area contributed by atoms with Crippen LogP contribution < -0.4 is 11.1 Å². The zero-order valence-corrected chi connectivity index (χ0v) is 11.6. The summed E-state index contributed by atoms with van der Waals surface area (Å²) in [6.45, 7) is 2.12. The Morgan fingerprint density at radius 2 is 2.41 bits per heavy atom. The highest BCUT2D eigenvalue weighted by Gasteiger charge is 2.09. The third-order valence-electron chi connectivity index (χ3n) is 1.83. The van der Waals surface area contributed by atoms with Crippen LogP contribution in [0.5, 0.6) is 0 Å². The molecule has 0 aromatic carbocycles. The Morgan fingerprint density at radius 3 is 3.00 bits per heavy atom. The van der Waals surface area contributed by atoms with E-state index in [4.69, 9.17) is 22.7 Å². The van der Waals surface area contributed by atoms with E-state index in [1.165, 1.54) is 0 Å². The molecule has 1 aromatic heterocycles. The van der Waals surface area contributed by atoms with Crippen LogP contribution in [0.1, 0.15) is 12.5 Å². The largest absolute Gasteiger partial charge is 0.466 e. The molecule has 0 saturated carbocycles. The van der Waals surface area contributed by atoms with Gasteiger partial charge in [0.25, 0.3) is 0 Å². The van der Waals surface area contributed by atoms with E-state index in [1.807, 2.05) is 0 Å². The second-order valence-electron chi connectivity index (χ2n) is 3.13. The van der Waals surface area contributed by atoms with Crippen LogP contribution in [-0.2, 0) is 16.0 Å². The van der Waals surface area contributed by atoms with Crippen LogP contribution in [0.3, 0.4) is 0 Å². The first-order valence-corrected chi connectivity index (χ1v) is 6.09. The SMILES string of the molecule is CCOC(=O)Cc1cc(NC(N)=S)ncc1Br. The number of thiocarbonyl (C=S) groups is 1. The number of halogens is 1. The van der Waals surface area contributed by atoms with Crippen molar-refractivity contribution in [2.24, 2.45) is 5.73 Å². The molecule has 1 heterocycles. The number of esters is 1. The molecule has 0 bridgehead atoms. The van der Waals surface area contributed by atoms with Gasteiger partial charge in [0.05, 0.1) is 13.0 Å². The average molecular weight is 318 g/mol. The standard InChI is InChI=1S/C10H12BrN3O2S/c1-2-16-9(15)4-6-3-8(14-10(12)17)13-5-7(6)11/h3,5H,2,4H2,1H3,(H3,12,13,14,17). The third-order valence-corrected chi connectivity index (χ3v) is 2.64. The molecule has 3 N–H and O–H groups in total. The van der Waals surface area contributed by atoms with Gasteiger partial charge in [-0.2, -0.15) is 0 Å². The van der Waals surface area contributed by atoms with E-state index in [2.05, 4.69) is 26.2 Å². The van der Waals surface area contributed by atoms with Gasteiger partial charge in [0.1, 0.15) is 5.82 Å². The molecule has 17 heavy (non-hydrogen) atoms. The number of aromatic nitrogens is 1. The predicted octanol–water partition coefficient (Wildman–Crippen LogP) is 1.61. The number of carbonyl (C=O) groups excluding carboxylic acids is 1. The van der Waals surface area contributed by atoms with Gasteiger partial charge in [-0.1, -0.05) is 0 Å². The van der Waals surface area contributed by atoms with Crippen LogP contribution in [-0.4, -0.2) is 22.7 Å². The molecule has 0 radical (unpaired) electrons. The van der Waals surface area contributed by atoms with E-state index in [0.717, 1.165) is 10.0 Å². The molecule has 0 amide bonds. The van der Waals surface area contributed by atoms with E-state index in [-0.39, 0.29) is 17.5 Å². The van der Waals surface area contributed by atoms with Crippen LogP contribution in [0.15, 0.2) is 16.7 Å². The normalized spacial score (nSPS) is 9.76. The molecular formula is C10H12BrN3O2S. The molecule has 7 heteroatoms. The summed E-state index contributed by atoms with van der Waals surface area (Å²) in [7, 11) is 0. The first-order valence-electron chi connectivity index (χ1n) is 4.89. The first-order chi connectivity index (χ1) is 8.02. The summed E-state index contributed by atoms with van der Waals surface area (Å²) in [5.74, 6) is 0.209. The number of pyridine rings is 1. The van der Waals surface area contributed by atoms with E-state index in [0.29, 0.717) is 12.4 Å². The summed E-state index contributed by atoms with van der Waals surface area (Å²) in [6.07, 6.45) is 1.75. The number of hydrogen-bond acceptors (Lipinski definition) is 4. The summed E-state index contributed by atoms with van der Waals surface area (Å²) in [4.78, 5) is 15.4. The summed E-state index contributed by atoms with van der Waals surface area (Å²) in [6, 6.07) is 1.69. The topological polar surface area (TPSA) is 77.2 Å². The quantitative estimate of drug-likeness (QED) is 0.649. The molecule has 0 spiro atoms. The van der Waals surface area contributed by atoms with Gasteiger partial charge < -0.3 is 15.8 Å². The summed E-state index contributed by atoms with van der Waals surface area (Å²) in [5.41, 5.74) is 6.10. The summed E-state index contributed by atoms with van der Waals surface area (Å²) in [5, 5.41) is 2.83. The van der Waals surface area contributed by atoms with Gasteiger partial charge >= 0.3 is 5.97 Å². The van der Waals surface area contributed by atoms with Crippen molar-refractivity contribution in [1.82, 2.24) is 4.98 Å². The second-order valence-corrected chi connectivity index (χ2v) is 4.43. The average Bonchev–Trinajstić information content (AvgIpc) is 2.22. The minimum absolute atomic E-state index is 0.127. The second kappa shape index (κ2) is 6.51. The highest BCUT2D eigenvalue weighted by Crippen LogP contribution is 2.19. The number of hydrogen-bond donors (Lipinski definition) is 2. The fourth-order valence-corrected chi connectivity index (χ4v) is 1.64. The van der Waals surface area contributed by atoms with Crippen molar-refractivity contribution in [2.75, 3.05) is 11.9 Å². The van der Waals surface area contributed by atoms with Crippen molar-refractivity contribution in [3.63, 3.8) is 0 Å². The molecule has 0 aliphatic rings. The minimum Gasteiger partial charge on any atom is -0.466 e. The first kappa shape index (κ1) is 13.9. The molecule has 0 unspecified atom stereocenters. The Labute approximate surface area is 113 Å². The summed E-state index contributed by atoms with van der Waals surface area (Å²) < 4.78 is 5.61. The Hall–Kier alpha value is -1.21. The Kier molecular flexibility index (Phi) is 5.30. The lowest BCUT2D eigenvalue weighted by Gasteiger charge is -2.07.